The lowest BCUT2D eigenvalue weighted by Crippen LogP contribution is -2.42. The van der Waals surface area contributed by atoms with Crippen molar-refractivity contribution in [2.75, 3.05) is 13.1 Å². The predicted octanol–water partition coefficient (Wildman–Crippen LogP) is 5.03. The summed E-state index contributed by atoms with van der Waals surface area (Å²) in [5.41, 5.74) is 9.71. The first-order valence-corrected chi connectivity index (χ1v) is 12.6. The van der Waals surface area contributed by atoms with Crippen molar-refractivity contribution >= 4 is 23.0 Å². The molecule has 2 N–H and O–H groups in total. The van der Waals surface area contributed by atoms with Crippen LogP contribution in [0.1, 0.15) is 64.8 Å². The lowest BCUT2D eigenvalue weighted by atomic mass is 10.0. The second-order valence-corrected chi connectivity index (χ2v) is 10.2. The van der Waals surface area contributed by atoms with Crippen LogP contribution in [0.2, 0.25) is 0 Å². The zero-order valence-electron chi connectivity index (χ0n) is 22.2. The molecule has 1 amide bonds. The van der Waals surface area contributed by atoms with Crippen molar-refractivity contribution in [2.45, 2.75) is 65.2 Å². The molecule has 0 aromatic carbocycles. The number of allylic oxidation sites excluding steroid dienone is 1. The smallest absolute Gasteiger partial charge is 0.410 e. The van der Waals surface area contributed by atoms with Crippen LogP contribution in [0.3, 0.4) is 0 Å². The van der Waals surface area contributed by atoms with Crippen LogP contribution in [0.15, 0.2) is 60.1 Å². The molecular weight excluding hydrogens is 468 g/mol. The highest BCUT2D eigenvalue weighted by atomic mass is 16.6. The largest absolute Gasteiger partial charge is 0.469 e. The van der Waals surface area contributed by atoms with Crippen LogP contribution in [0, 0.1) is 0 Å². The highest BCUT2D eigenvalue weighted by Gasteiger charge is 2.27. The Morgan fingerprint density at radius 3 is 2.59 bits per heavy atom. The summed E-state index contributed by atoms with van der Waals surface area (Å²) in [5, 5.41) is 0. The normalized spacial score (nSPS) is 16.6. The van der Waals surface area contributed by atoms with Gasteiger partial charge in [0.25, 0.3) is 0 Å². The van der Waals surface area contributed by atoms with Gasteiger partial charge in [-0.1, -0.05) is 6.07 Å². The minimum atomic E-state index is -0.503. The van der Waals surface area contributed by atoms with Gasteiger partial charge in [-0.05, 0) is 71.2 Å². The quantitative estimate of drug-likeness (QED) is 0.472. The molecule has 3 aromatic heterocycles. The monoisotopic (exact) mass is 504 g/mol. The number of pyridine rings is 2. The number of carbonyl (C=O) groups is 1. The molecular formula is C28H36N6O3. The standard InChI is InChI=1S/C28H36N6O3/c1-19(32-22-9-13-33(14-10-22)27(35)37-28(3,4)5)23(18-29)21-16-25-31-12-15-34(25)26(17-21)36-20(2)24-8-6-7-11-30-24/h6-8,11-12,15-18,20,22H,9-10,13-14,29H2,1-5H3/b23-18+,32-19?. The maximum absolute atomic E-state index is 12.4. The molecule has 3 aromatic rings. The number of nitrogens with two attached hydrogens (primary N) is 1. The van der Waals surface area contributed by atoms with E-state index in [9.17, 15) is 4.79 Å². The van der Waals surface area contributed by atoms with Gasteiger partial charge in [0.2, 0.25) is 5.88 Å². The number of ether oxygens (including phenoxy) is 2. The fraction of sp³-hybridized carbons (Fsp3) is 0.429. The van der Waals surface area contributed by atoms with Gasteiger partial charge < -0.3 is 20.1 Å². The van der Waals surface area contributed by atoms with Crippen molar-refractivity contribution in [3.05, 3.63) is 66.4 Å². The Balaban J connectivity index is 1.51. The molecule has 1 aliphatic rings. The molecule has 4 heterocycles. The van der Waals surface area contributed by atoms with Gasteiger partial charge in [0.15, 0.2) is 0 Å². The molecule has 1 fully saturated rings. The van der Waals surface area contributed by atoms with Crippen LogP contribution >= 0.6 is 0 Å². The Kier molecular flexibility index (Phi) is 7.80. The average molecular weight is 505 g/mol. The number of amides is 1. The molecule has 4 rings (SSSR count). The van der Waals surface area contributed by atoms with Gasteiger partial charge in [0.05, 0.1) is 11.7 Å². The van der Waals surface area contributed by atoms with Crippen LogP contribution in [0.4, 0.5) is 4.79 Å². The molecule has 1 atom stereocenters. The summed E-state index contributed by atoms with van der Waals surface area (Å²) >= 11 is 0. The highest BCUT2D eigenvalue weighted by molar-refractivity contribution is 6.22. The van der Waals surface area contributed by atoms with Crippen molar-refractivity contribution in [1.82, 2.24) is 19.3 Å². The van der Waals surface area contributed by atoms with Crippen molar-refractivity contribution in [2.24, 2.45) is 10.7 Å². The molecule has 1 unspecified atom stereocenters. The molecule has 0 aliphatic carbocycles. The van der Waals surface area contributed by atoms with Crippen LogP contribution in [-0.4, -0.2) is 55.8 Å². The van der Waals surface area contributed by atoms with E-state index in [4.69, 9.17) is 20.2 Å². The molecule has 9 heteroatoms. The van der Waals surface area contributed by atoms with Crippen LogP contribution < -0.4 is 10.5 Å². The van der Waals surface area contributed by atoms with Crippen LogP contribution in [-0.2, 0) is 4.74 Å². The van der Waals surface area contributed by atoms with E-state index in [1.165, 1.54) is 0 Å². The Hall–Kier alpha value is -3.88. The van der Waals surface area contributed by atoms with E-state index < -0.39 is 5.60 Å². The predicted molar refractivity (Wildman–Crippen MR) is 145 cm³/mol. The number of aromatic nitrogens is 3. The molecule has 0 saturated carbocycles. The van der Waals surface area contributed by atoms with E-state index in [1.807, 2.05) is 75.5 Å². The Labute approximate surface area is 218 Å². The van der Waals surface area contributed by atoms with E-state index >= 15 is 0 Å². The van der Waals surface area contributed by atoms with E-state index in [-0.39, 0.29) is 18.2 Å². The summed E-state index contributed by atoms with van der Waals surface area (Å²) < 4.78 is 13.7. The molecule has 196 valence electrons. The fourth-order valence-electron chi connectivity index (χ4n) is 4.37. The lowest BCUT2D eigenvalue weighted by molar-refractivity contribution is 0.0207. The number of hydrogen-bond acceptors (Lipinski definition) is 7. The summed E-state index contributed by atoms with van der Waals surface area (Å²) in [5.74, 6) is 0.640. The van der Waals surface area contributed by atoms with Crippen molar-refractivity contribution in [1.29, 1.82) is 0 Å². The fourth-order valence-corrected chi connectivity index (χ4v) is 4.37. The Bertz CT molecular complexity index is 1280. The molecule has 0 bridgehead atoms. The summed E-state index contributed by atoms with van der Waals surface area (Å²) in [7, 11) is 0. The second kappa shape index (κ2) is 11.0. The van der Waals surface area contributed by atoms with Crippen LogP contribution in [0.25, 0.3) is 11.2 Å². The summed E-state index contributed by atoms with van der Waals surface area (Å²) in [6, 6.07) is 9.79. The molecule has 9 nitrogen and oxygen atoms in total. The Morgan fingerprint density at radius 1 is 1.19 bits per heavy atom. The van der Waals surface area contributed by atoms with Gasteiger partial charge in [-0.25, -0.2) is 9.78 Å². The Morgan fingerprint density at radius 2 is 1.95 bits per heavy atom. The zero-order valence-corrected chi connectivity index (χ0v) is 22.2. The first kappa shape index (κ1) is 26.2. The number of nitrogens with zero attached hydrogens (tertiary/aromatic N) is 5. The van der Waals surface area contributed by atoms with E-state index in [2.05, 4.69) is 9.97 Å². The minimum Gasteiger partial charge on any atom is -0.469 e. The second-order valence-electron chi connectivity index (χ2n) is 10.2. The third-order valence-corrected chi connectivity index (χ3v) is 6.23. The summed E-state index contributed by atoms with van der Waals surface area (Å²) in [6.07, 6.45) is 7.95. The van der Waals surface area contributed by atoms with Crippen LogP contribution in [0.5, 0.6) is 5.88 Å². The average Bonchev–Trinajstić information content (AvgIpc) is 3.33. The first-order chi connectivity index (χ1) is 17.6. The molecule has 0 spiro atoms. The number of fused-ring (bicyclic) bond motifs is 1. The number of likely N-dealkylation sites (tertiary alicyclic amines) is 1. The number of imidazole rings is 1. The number of carbonyl (C=O) groups excluding carboxylic acids is 1. The third-order valence-electron chi connectivity index (χ3n) is 6.23. The lowest BCUT2D eigenvalue weighted by Gasteiger charge is -2.32. The van der Waals surface area contributed by atoms with Crippen molar-refractivity contribution in [3.8, 4) is 5.88 Å². The minimum absolute atomic E-state index is 0.101. The molecule has 0 radical (unpaired) electrons. The van der Waals surface area contributed by atoms with Gasteiger partial charge >= 0.3 is 6.09 Å². The van der Waals surface area contributed by atoms with Gasteiger partial charge in [-0.15, -0.1) is 0 Å². The number of piperidine rings is 1. The topological polar surface area (TPSA) is 107 Å². The van der Waals surface area contributed by atoms with E-state index in [0.29, 0.717) is 19.0 Å². The molecule has 1 aliphatic heterocycles. The van der Waals surface area contributed by atoms with Gasteiger partial charge in [0, 0.05) is 55.2 Å². The maximum Gasteiger partial charge on any atom is 0.410 e. The zero-order chi connectivity index (χ0) is 26.6. The van der Waals surface area contributed by atoms with E-state index in [0.717, 1.165) is 41.0 Å². The SMILES string of the molecule is CC(=NC1CCN(C(=O)OC(C)(C)C)CC1)/C(=C\N)c1cc(OC(C)c2ccccn2)n2ccnc2c1. The molecule has 37 heavy (non-hydrogen) atoms. The maximum atomic E-state index is 12.4. The van der Waals surface area contributed by atoms with Gasteiger partial charge in [0.1, 0.15) is 17.4 Å². The number of hydrogen-bond donors (Lipinski definition) is 1. The summed E-state index contributed by atoms with van der Waals surface area (Å²) in [6.45, 7) is 10.8. The number of rotatable bonds is 6. The molecule has 1 saturated heterocycles. The van der Waals surface area contributed by atoms with Crippen molar-refractivity contribution < 1.29 is 14.3 Å². The number of aliphatic imine (C=N–C) groups is 1. The van der Waals surface area contributed by atoms with Gasteiger partial charge in [-0.3, -0.25) is 14.4 Å². The van der Waals surface area contributed by atoms with Crippen molar-refractivity contribution in [3.63, 3.8) is 0 Å². The summed E-state index contributed by atoms with van der Waals surface area (Å²) in [4.78, 5) is 28.0. The first-order valence-electron chi connectivity index (χ1n) is 12.6. The van der Waals surface area contributed by atoms with E-state index in [1.54, 1.807) is 23.5 Å². The van der Waals surface area contributed by atoms with Gasteiger partial charge in [-0.2, -0.15) is 0 Å². The highest BCUT2D eigenvalue weighted by Crippen LogP contribution is 2.28. The third kappa shape index (κ3) is 6.47.